The zero-order chi connectivity index (χ0) is 30.7. The van der Waals surface area contributed by atoms with Crippen molar-refractivity contribution in [2.75, 3.05) is 6.54 Å². The minimum atomic E-state index is -1.13. The Bertz CT molecular complexity index is 1160. The number of rotatable bonds is 13. The molecule has 0 aliphatic heterocycles. The molecule has 0 saturated heterocycles. The molecule has 0 aromatic heterocycles. The molecule has 3 amide bonds. The predicted octanol–water partition coefficient (Wildman–Crippen LogP) is 5.52. The molecule has 2 rings (SSSR count). The number of alkyl carbamates (subject to hydrolysis) is 1. The van der Waals surface area contributed by atoms with Crippen molar-refractivity contribution < 1.29 is 29.3 Å². The highest BCUT2D eigenvalue weighted by atomic mass is 16.6. The summed E-state index contributed by atoms with van der Waals surface area (Å²) < 4.78 is 5.47. The van der Waals surface area contributed by atoms with E-state index in [9.17, 15) is 24.6 Å². The number of hydrogen-bond acceptors (Lipinski definition) is 6. The van der Waals surface area contributed by atoms with E-state index in [1.807, 2.05) is 13.8 Å². The van der Waals surface area contributed by atoms with Crippen molar-refractivity contribution >= 4 is 17.9 Å². The Morgan fingerprint density at radius 2 is 1.61 bits per heavy atom. The molecule has 2 aromatic rings. The average Bonchev–Trinajstić information content (AvgIpc) is 2.87. The number of benzene rings is 2. The lowest BCUT2D eigenvalue weighted by atomic mass is 9.97. The first-order valence-corrected chi connectivity index (χ1v) is 14.4. The molecule has 9 nitrogen and oxygen atoms in total. The van der Waals surface area contributed by atoms with Crippen LogP contribution in [-0.2, 0) is 20.7 Å². The highest BCUT2D eigenvalue weighted by Crippen LogP contribution is 2.33. The molecule has 226 valence electrons. The summed E-state index contributed by atoms with van der Waals surface area (Å²) in [5.74, 6) is -0.886. The molecule has 2 aromatic carbocycles. The number of phenols is 2. The average molecular weight is 570 g/mol. The van der Waals surface area contributed by atoms with Gasteiger partial charge in [0.1, 0.15) is 29.2 Å². The van der Waals surface area contributed by atoms with E-state index in [2.05, 4.69) is 17.6 Å². The third-order valence-corrected chi connectivity index (χ3v) is 6.46. The van der Waals surface area contributed by atoms with Crippen molar-refractivity contribution in [2.24, 2.45) is 0 Å². The van der Waals surface area contributed by atoms with Gasteiger partial charge in [-0.3, -0.25) is 9.59 Å². The van der Waals surface area contributed by atoms with Gasteiger partial charge in [0.05, 0.1) is 0 Å². The molecule has 0 aliphatic carbocycles. The highest BCUT2D eigenvalue weighted by Gasteiger charge is 2.37. The van der Waals surface area contributed by atoms with Crippen LogP contribution in [-0.4, -0.2) is 57.3 Å². The summed E-state index contributed by atoms with van der Waals surface area (Å²) in [5, 5.41) is 26.4. The lowest BCUT2D eigenvalue weighted by Gasteiger charge is -2.35. The highest BCUT2D eigenvalue weighted by molar-refractivity contribution is 5.93. The van der Waals surface area contributed by atoms with Gasteiger partial charge in [-0.15, -0.1) is 0 Å². The van der Waals surface area contributed by atoms with Crippen molar-refractivity contribution in [1.82, 2.24) is 15.5 Å². The van der Waals surface area contributed by atoms with Crippen molar-refractivity contribution in [3.05, 3.63) is 59.2 Å². The molecule has 2 atom stereocenters. The van der Waals surface area contributed by atoms with E-state index >= 15 is 0 Å². The number of aryl methyl sites for hydroxylation is 1. The van der Waals surface area contributed by atoms with Crippen molar-refractivity contribution in [2.45, 2.75) is 104 Å². The van der Waals surface area contributed by atoms with Crippen LogP contribution in [0.15, 0.2) is 42.5 Å². The maximum absolute atomic E-state index is 14.4. The van der Waals surface area contributed by atoms with Gasteiger partial charge in [0.25, 0.3) is 0 Å². The second-order valence-electron chi connectivity index (χ2n) is 11.7. The van der Waals surface area contributed by atoms with Crippen LogP contribution in [0.1, 0.15) is 90.0 Å². The van der Waals surface area contributed by atoms with E-state index in [4.69, 9.17) is 4.74 Å². The van der Waals surface area contributed by atoms with E-state index in [1.54, 1.807) is 58.0 Å². The van der Waals surface area contributed by atoms with Crippen molar-refractivity contribution in [3.8, 4) is 11.5 Å². The number of hydrogen-bond donors (Lipinski definition) is 4. The van der Waals surface area contributed by atoms with Crippen LogP contribution in [0.5, 0.6) is 11.5 Å². The van der Waals surface area contributed by atoms with Gasteiger partial charge < -0.3 is 30.5 Å². The number of nitrogens with one attached hydrogen (secondary N) is 2. The van der Waals surface area contributed by atoms with Crippen LogP contribution in [0.3, 0.4) is 0 Å². The summed E-state index contributed by atoms with van der Waals surface area (Å²) in [6.07, 6.45) is 2.78. The topological polar surface area (TPSA) is 128 Å². The van der Waals surface area contributed by atoms with Gasteiger partial charge in [0.15, 0.2) is 0 Å². The Morgan fingerprint density at radius 3 is 2.20 bits per heavy atom. The predicted molar refractivity (Wildman–Crippen MR) is 160 cm³/mol. The molecule has 0 heterocycles. The monoisotopic (exact) mass is 569 g/mol. The van der Waals surface area contributed by atoms with Crippen LogP contribution in [0.25, 0.3) is 0 Å². The van der Waals surface area contributed by atoms with E-state index in [-0.39, 0.29) is 30.5 Å². The summed E-state index contributed by atoms with van der Waals surface area (Å²) >= 11 is 0. The normalized spacial score (nSPS) is 12.9. The summed E-state index contributed by atoms with van der Waals surface area (Å²) in [6.45, 7) is 12.9. The number of carbonyl (C=O) groups excluding carboxylic acids is 3. The Morgan fingerprint density at radius 1 is 0.951 bits per heavy atom. The standard InChI is InChI=1S/C32H47N3O6/c1-8-9-10-11-19-35(27(29(38)33-21(2)3)25-14-12-13-22(4)28(25)37)30(39)26(34-31(40)41-32(5,6)7)20-23-15-17-24(36)18-16-23/h12-18,21,26-27,36-37H,8-11,19-20H2,1-7H3,(H,33,38)(H,34,40). The van der Waals surface area contributed by atoms with Gasteiger partial charge in [0, 0.05) is 24.6 Å². The van der Waals surface area contributed by atoms with Crippen LogP contribution in [0.4, 0.5) is 4.79 Å². The molecule has 0 saturated carbocycles. The largest absolute Gasteiger partial charge is 0.508 e. The fourth-order valence-electron chi connectivity index (χ4n) is 4.51. The molecule has 0 radical (unpaired) electrons. The first-order chi connectivity index (χ1) is 19.2. The Hall–Kier alpha value is -3.75. The fraction of sp³-hybridized carbons (Fsp3) is 0.531. The van der Waals surface area contributed by atoms with Crippen molar-refractivity contribution in [1.29, 1.82) is 0 Å². The molecule has 0 spiro atoms. The van der Waals surface area contributed by atoms with Crippen molar-refractivity contribution in [3.63, 3.8) is 0 Å². The SMILES string of the molecule is CCCCCCN(C(=O)C(Cc1ccc(O)cc1)NC(=O)OC(C)(C)C)C(C(=O)NC(C)C)c1cccc(C)c1O. The lowest BCUT2D eigenvalue weighted by Crippen LogP contribution is -2.54. The molecule has 0 bridgehead atoms. The molecule has 0 aliphatic rings. The lowest BCUT2D eigenvalue weighted by molar-refractivity contribution is -0.142. The zero-order valence-electron chi connectivity index (χ0n) is 25.5. The van der Waals surface area contributed by atoms with E-state index in [1.165, 1.54) is 17.0 Å². The van der Waals surface area contributed by atoms with E-state index in [0.717, 1.165) is 19.3 Å². The van der Waals surface area contributed by atoms with Gasteiger partial charge in [-0.1, -0.05) is 56.5 Å². The Balaban J connectivity index is 2.61. The van der Waals surface area contributed by atoms with Gasteiger partial charge in [-0.05, 0) is 71.2 Å². The Kier molecular flexibility index (Phi) is 12.5. The smallest absolute Gasteiger partial charge is 0.408 e. The second-order valence-corrected chi connectivity index (χ2v) is 11.7. The number of amides is 3. The van der Waals surface area contributed by atoms with Gasteiger partial charge in [0.2, 0.25) is 11.8 Å². The van der Waals surface area contributed by atoms with Crippen LogP contribution in [0.2, 0.25) is 0 Å². The number of unbranched alkanes of at least 4 members (excludes halogenated alkanes) is 3. The summed E-state index contributed by atoms with van der Waals surface area (Å²) in [4.78, 5) is 42.5. The Labute approximate surface area is 244 Å². The molecule has 4 N–H and O–H groups in total. The third-order valence-electron chi connectivity index (χ3n) is 6.46. The summed E-state index contributed by atoms with van der Waals surface area (Å²) in [7, 11) is 0. The number of nitrogens with zero attached hydrogens (tertiary/aromatic N) is 1. The number of phenolic OH excluding ortho intramolecular Hbond substituents is 2. The van der Waals surface area contributed by atoms with Gasteiger partial charge in [-0.2, -0.15) is 0 Å². The second kappa shape index (κ2) is 15.3. The summed E-state index contributed by atoms with van der Waals surface area (Å²) in [5.41, 5.74) is 0.802. The van der Waals surface area contributed by atoms with Crippen LogP contribution < -0.4 is 10.6 Å². The third kappa shape index (κ3) is 10.6. The number of ether oxygens (including phenoxy) is 1. The quantitative estimate of drug-likeness (QED) is 0.235. The molecular weight excluding hydrogens is 522 g/mol. The van der Waals surface area contributed by atoms with Gasteiger partial charge >= 0.3 is 6.09 Å². The minimum absolute atomic E-state index is 0.0575. The van der Waals surface area contributed by atoms with E-state index < -0.39 is 35.6 Å². The number of aromatic hydroxyl groups is 2. The maximum atomic E-state index is 14.4. The molecule has 9 heteroatoms. The first-order valence-electron chi connectivity index (χ1n) is 14.4. The maximum Gasteiger partial charge on any atom is 0.408 e. The molecule has 0 fully saturated rings. The molecule has 2 unspecified atom stereocenters. The van der Waals surface area contributed by atoms with Gasteiger partial charge in [-0.25, -0.2) is 4.79 Å². The molecular formula is C32H47N3O6. The minimum Gasteiger partial charge on any atom is -0.508 e. The zero-order valence-corrected chi connectivity index (χ0v) is 25.5. The number of carbonyl (C=O) groups is 3. The summed E-state index contributed by atoms with van der Waals surface area (Å²) in [6, 6.07) is 9.08. The van der Waals surface area contributed by atoms with Crippen LogP contribution >= 0.6 is 0 Å². The van der Waals surface area contributed by atoms with Crippen LogP contribution in [0, 0.1) is 6.92 Å². The fourth-order valence-corrected chi connectivity index (χ4v) is 4.51. The number of para-hydroxylation sites is 1. The first kappa shape index (κ1) is 33.5. The van der Waals surface area contributed by atoms with E-state index in [0.29, 0.717) is 23.1 Å². The molecule has 41 heavy (non-hydrogen) atoms.